The molecule has 144 valence electrons. The van der Waals surface area contributed by atoms with Crippen LogP contribution in [0.3, 0.4) is 0 Å². The van der Waals surface area contributed by atoms with Gasteiger partial charge in [-0.3, -0.25) is 4.99 Å². The summed E-state index contributed by atoms with van der Waals surface area (Å²) in [5.41, 5.74) is -0.854. The van der Waals surface area contributed by atoms with E-state index in [0.29, 0.717) is 5.17 Å². The highest BCUT2D eigenvalue weighted by Gasteiger charge is 2.58. The average molecular weight is 393 g/mol. The molecule has 0 saturated carbocycles. The molecule has 0 radical (unpaired) electrons. The maximum atomic E-state index is 13.6. The van der Waals surface area contributed by atoms with Crippen LogP contribution in [0.2, 0.25) is 0 Å². The number of rotatable bonds is 3. The molecule has 1 fully saturated rings. The third-order valence-electron chi connectivity index (χ3n) is 3.98. The van der Waals surface area contributed by atoms with Gasteiger partial charge in [-0.2, -0.15) is 13.2 Å². The number of alkyl halides is 3. The van der Waals surface area contributed by atoms with Crippen molar-refractivity contribution >= 4 is 16.9 Å². The van der Waals surface area contributed by atoms with E-state index < -0.39 is 42.1 Å². The van der Waals surface area contributed by atoms with Gasteiger partial charge in [0.1, 0.15) is 29.8 Å². The monoisotopic (exact) mass is 393 g/mol. The molecular formula is C15H18F3N3O4S. The summed E-state index contributed by atoms with van der Waals surface area (Å²) in [5, 5.41) is 21.0. The van der Waals surface area contributed by atoms with E-state index in [1.165, 1.54) is 24.4 Å². The number of aliphatic hydroxyl groups excluding tert-OH is 2. The zero-order valence-electron chi connectivity index (χ0n) is 13.9. The third kappa shape index (κ3) is 3.75. The fourth-order valence-corrected chi connectivity index (χ4v) is 3.85. The molecule has 0 spiro atoms. The molecule has 0 bridgehead atoms. The second-order valence-electron chi connectivity index (χ2n) is 6.11. The Morgan fingerprint density at radius 3 is 2.58 bits per heavy atom. The van der Waals surface area contributed by atoms with Crippen molar-refractivity contribution in [2.45, 2.75) is 42.1 Å². The molecule has 26 heavy (non-hydrogen) atoms. The maximum Gasteiger partial charge on any atom is 0.428 e. The normalized spacial score (nSPS) is 32.6. The number of amidine groups is 1. The van der Waals surface area contributed by atoms with E-state index in [0.717, 1.165) is 11.8 Å². The van der Waals surface area contributed by atoms with Crippen molar-refractivity contribution in [3.05, 3.63) is 24.4 Å². The van der Waals surface area contributed by atoms with E-state index in [4.69, 9.17) is 9.47 Å². The van der Waals surface area contributed by atoms with Crippen molar-refractivity contribution < 1.29 is 32.9 Å². The first kappa shape index (κ1) is 19.2. The van der Waals surface area contributed by atoms with Crippen LogP contribution in [0, 0.1) is 0 Å². The van der Waals surface area contributed by atoms with E-state index in [1.807, 2.05) is 0 Å². The van der Waals surface area contributed by atoms with Gasteiger partial charge in [0.2, 0.25) is 12.0 Å². The molecule has 11 heteroatoms. The lowest BCUT2D eigenvalue weighted by molar-refractivity contribution is -0.264. The van der Waals surface area contributed by atoms with Crippen LogP contribution < -0.4 is 4.74 Å². The quantitative estimate of drug-likeness (QED) is 0.788. The number of pyridine rings is 1. The predicted molar refractivity (Wildman–Crippen MR) is 87.9 cm³/mol. The summed E-state index contributed by atoms with van der Waals surface area (Å²) in [6, 6.07) is 3.42. The standard InChI is InChI=1S/C15H18F3N3O4S/c1-21(2)14-20-8-9(22)10(23)11(25-13(8)26-14)12(15(16,17)18)24-7-5-3-4-6-19-7/h3-6,8-13,22-23H,1-2H3. The molecule has 1 aromatic rings. The second kappa shape index (κ2) is 7.22. The zero-order chi connectivity index (χ0) is 19.1. The lowest BCUT2D eigenvalue weighted by Gasteiger charge is -2.41. The maximum absolute atomic E-state index is 13.6. The van der Waals surface area contributed by atoms with Crippen molar-refractivity contribution in [3.8, 4) is 5.88 Å². The molecule has 6 atom stereocenters. The number of halogens is 3. The molecular weight excluding hydrogens is 375 g/mol. The van der Waals surface area contributed by atoms with Crippen LogP contribution in [0.25, 0.3) is 0 Å². The highest BCUT2D eigenvalue weighted by atomic mass is 32.2. The van der Waals surface area contributed by atoms with Gasteiger partial charge in [-0.1, -0.05) is 17.8 Å². The Morgan fingerprint density at radius 2 is 2.00 bits per heavy atom. The van der Waals surface area contributed by atoms with Crippen molar-refractivity contribution in [2.24, 2.45) is 4.99 Å². The SMILES string of the molecule is CN(C)C1=NC2C(OC(C(Oc3ccccn3)C(F)(F)F)C(O)C2O)S1. The van der Waals surface area contributed by atoms with Crippen molar-refractivity contribution in [3.63, 3.8) is 0 Å². The van der Waals surface area contributed by atoms with Gasteiger partial charge in [0.25, 0.3) is 0 Å². The number of aliphatic imine (C=N–C) groups is 1. The first-order valence-electron chi connectivity index (χ1n) is 7.76. The van der Waals surface area contributed by atoms with Gasteiger partial charge < -0.3 is 24.6 Å². The Labute approximate surface area is 151 Å². The number of aliphatic hydroxyl groups is 2. The number of thioether (sulfide) groups is 1. The lowest BCUT2D eigenvalue weighted by Crippen LogP contribution is -2.62. The molecule has 7 nitrogen and oxygen atoms in total. The minimum Gasteiger partial charge on any atom is -0.462 e. The van der Waals surface area contributed by atoms with Gasteiger partial charge >= 0.3 is 6.18 Å². The van der Waals surface area contributed by atoms with Gasteiger partial charge in [-0.05, 0) is 6.07 Å². The summed E-state index contributed by atoms with van der Waals surface area (Å²) in [6.07, 6.45) is -11.2. The van der Waals surface area contributed by atoms with Gasteiger partial charge in [-0.15, -0.1) is 0 Å². The van der Waals surface area contributed by atoms with Crippen LogP contribution in [-0.4, -0.2) is 81.4 Å². The first-order chi connectivity index (χ1) is 12.2. The molecule has 0 aliphatic carbocycles. The van der Waals surface area contributed by atoms with Crippen LogP contribution in [-0.2, 0) is 4.74 Å². The summed E-state index contributed by atoms with van der Waals surface area (Å²) >= 11 is 1.09. The first-order valence-corrected chi connectivity index (χ1v) is 8.64. The minimum absolute atomic E-state index is 0.258. The number of hydrogen-bond acceptors (Lipinski definition) is 8. The summed E-state index contributed by atoms with van der Waals surface area (Å²) in [5.74, 6) is -0.258. The molecule has 1 saturated heterocycles. The highest BCUT2D eigenvalue weighted by Crippen LogP contribution is 2.40. The lowest BCUT2D eigenvalue weighted by atomic mass is 9.94. The van der Waals surface area contributed by atoms with E-state index in [9.17, 15) is 23.4 Å². The van der Waals surface area contributed by atoms with Gasteiger partial charge in [0, 0.05) is 26.4 Å². The molecule has 3 rings (SSSR count). The van der Waals surface area contributed by atoms with Gasteiger partial charge in [0.05, 0.1) is 0 Å². The third-order valence-corrected chi connectivity index (χ3v) is 5.28. The smallest absolute Gasteiger partial charge is 0.428 e. The topological polar surface area (TPSA) is 87.4 Å². The van der Waals surface area contributed by atoms with Crippen LogP contribution in [0.1, 0.15) is 0 Å². The summed E-state index contributed by atoms with van der Waals surface area (Å²) in [4.78, 5) is 9.59. The predicted octanol–water partition coefficient (Wildman–Crippen LogP) is 0.871. The van der Waals surface area contributed by atoms with Crippen molar-refractivity contribution in [1.29, 1.82) is 0 Å². The van der Waals surface area contributed by atoms with Crippen LogP contribution >= 0.6 is 11.8 Å². The van der Waals surface area contributed by atoms with Crippen molar-refractivity contribution in [1.82, 2.24) is 9.88 Å². The Hall–Kier alpha value is -1.56. The molecule has 2 aliphatic rings. The summed E-state index contributed by atoms with van der Waals surface area (Å²) in [6.45, 7) is 0. The van der Waals surface area contributed by atoms with E-state index in [1.54, 1.807) is 19.0 Å². The minimum atomic E-state index is -4.84. The number of nitrogens with zero attached hydrogens (tertiary/aromatic N) is 3. The Morgan fingerprint density at radius 1 is 1.27 bits per heavy atom. The van der Waals surface area contributed by atoms with E-state index >= 15 is 0 Å². The Bertz CT molecular complexity index is 661. The molecule has 6 unspecified atom stereocenters. The molecule has 0 aromatic carbocycles. The van der Waals surface area contributed by atoms with Crippen LogP contribution in [0.5, 0.6) is 5.88 Å². The zero-order valence-corrected chi connectivity index (χ0v) is 14.7. The summed E-state index contributed by atoms with van der Waals surface area (Å²) < 4.78 is 51.2. The Balaban J connectivity index is 1.84. The van der Waals surface area contributed by atoms with E-state index in [-0.39, 0.29) is 5.88 Å². The van der Waals surface area contributed by atoms with Gasteiger partial charge in [0.15, 0.2) is 5.17 Å². The number of aromatic nitrogens is 1. The largest absolute Gasteiger partial charge is 0.462 e. The average Bonchev–Trinajstić information content (AvgIpc) is 3.01. The van der Waals surface area contributed by atoms with Crippen LogP contribution in [0.15, 0.2) is 29.4 Å². The molecule has 1 aromatic heterocycles. The molecule has 3 heterocycles. The summed E-state index contributed by atoms with van der Waals surface area (Å²) in [7, 11) is 3.43. The van der Waals surface area contributed by atoms with Crippen molar-refractivity contribution in [2.75, 3.05) is 14.1 Å². The Kier molecular flexibility index (Phi) is 5.33. The number of ether oxygens (including phenoxy) is 2. The van der Waals surface area contributed by atoms with Gasteiger partial charge in [-0.25, -0.2) is 4.98 Å². The number of fused-ring (bicyclic) bond motifs is 1. The molecule has 0 amide bonds. The molecule has 2 N–H and O–H groups in total. The van der Waals surface area contributed by atoms with E-state index in [2.05, 4.69) is 9.98 Å². The fourth-order valence-electron chi connectivity index (χ4n) is 2.71. The highest BCUT2D eigenvalue weighted by molar-refractivity contribution is 8.14. The fraction of sp³-hybridized carbons (Fsp3) is 0.600. The number of hydrogen-bond donors (Lipinski definition) is 2. The second-order valence-corrected chi connectivity index (χ2v) is 7.18. The molecule has 2 aliphatic heterocycles. The van der Waals surface area contributed by atoms with Crippen LogP contribution in [0.4, 0.5) is 13.2 Å².